The third-order valence-corrected chi connectivity index (χ3v) is 3.10. The minimum Gasteiger partial charge on any atom is -0.315 e. The molecule has 1 saturated heterocycles. The molecule has 0 amide bonds. The molecule has 1 fully saturated rings. The first kappa shape index (κ1) is 12.2. The average molecular weight is 233 g/mol. The van der Waals surface area contributed by atoms with E-state index in [0.29, 0.717) is 12.6 Å². The zero-order chi connectivity index (χ0) is 12.3. The van der Waals surface area contributed by atoms with Crippen molar-refractivity contribution in [1.82, 2.24) is 10.2 Å². The number of Topliss-reactive ketones (excluding diaryl/α,β-unsaturated/α-hetero) is 1. The molecule has 1 aliphatic heterocycles. The van der Waals surface area contributed by atoms with Gasteiger partial charge in [-0.05, 0) is 6.92 Å². The summed E-state index contributed by atoms with van der Waals surface area (Å²) in [6.45, 7) is 4.06. The molecule has 0 aromatic heterocycles. The molecule has 2 unspecified atom stereocenters. The second kappa shape index (κ2) is 5.40. The summed E-state index contributed by atoms with van der Waals surface area (Å²) in [5, 5.41) is 3.30. The van der Waals surface area contributed by atoms with Crippen LogP contribution in [0.15, 0.2) is 30.3 Å². The van der Waals surface area contributed by atoms with E-state index in [2.05, 4.69) is 12.2 Å². The smallest absolute Gasteiger partial charge is 0.176 e. The van der Waals surface area contributed by atoms with Crippen LogP contribution in [0.2, 0.25) is 0 Å². The molecule has 2 atom stereocenters. The first-order valence-corrected chi connectivity index (χ1v) is 5.98. The summed E-state index contributed by atoms with van der Waals surface area (Å²) >= 11 is 0. The molecule has 0 aliphatic carbocycles. The lowest BCUT2D eigenvalue weighted by molar-refractivity contribution is 0.0832. The number of piperazine rings is 1. The van der Waals surface area contributed by atoms with Crippen LogP contribution in [0.4, 0.5) is 0 Å². The van der Waals surface area contributed by atoms with E-state index in [-0.39, 0.29) is 11.9 Å². The van der Waals surface area contributed by atoms with Crippen LogP contribution in [0.1, 0.15) is 17.3 Å². The Bertz CT molecular complexity index is 380. The standard InChI is InChI=1S/C13H19N3O/c1-10-8-16(13(14)7-15-10)9-12(17)11-5-3-2-4-6-11/h2-6,10,13,15H,7-9,14H2,1H3. The van der Waals surface area contributed by atoms with Gasteiger partial charge < -0.3 is 11.1 Å². The summed E-state index contributed by atoms with van der Waals surface area (Å²) in [5.74, 6) is 0.134. The van der Waals surface area contributed by atoms with E-state index in [1.165, 1.54) is 0 Å². The van der Waals surface area contributed by atoms with Crippen molar-refractivity contribution in [3.05, 3.63) is 35.9 Å². The molecular weight excluding hydrogens is 214 g/mol. The molecule has 3 N–H and O–H groups in total. The Morgan fingerprint density at radius 1 is 1.47 bits per heavy atom. The lowest BCUT2D eigenvalue weighted by Gasteiger charge is -2.36. The maximum atomic E-state index is 12.0. The van der Waals surface area contributed by atoms with Crippen molar-refractivity contribution in [3.63, 3.8) is 0 Å². The number of carbonyl (C=O) groups is 1. The summed E-state index contributed by atoms with van der Waals surface area (Å²) in [6.07, 6.45) is -0.0705. The molecule has 0 radical (unpaired) electrons. The highest BCUT2D eigenvalue weighted by Crippen LogP contribution is 2.06. The Labute approximate surface area is 102 Å². The lowest BCUT2D eigenvalue weighted by atomic mass is 10.1. The van der Waals surface area contributed by atoms with Crippen molar-refractivity contribution in [2.45, 2.75) is 19.1 Å². The van der Waals surface area contributed by atoms with Crippen molar-refractivity contribution in [1.29, 1.82) is 0 Å². The first-order chi connectivity index (χ1) is 8.16. The molecule has 1 aliphatic rings. The zero-order valence-corrected chi connectivity index (χ0v) is 10.1. The highest BCUT2D eigenvalue weighted by atomic mass is 16.1. The van der Waals surface area contributed by atoms with Crippen LogP contribution >= 0.6 is 0 Å². The van der Waals surface area contributed by atoms with Gasteiger partial charge in [0.1, 0.15) is 0 Å². The highest BCUT2D eigenvalue weighted by molar-refractivity contribution is 5.97. The molecule has 1 aromatic carbocycles. The van der Waals surface area contributed by atoms with Crippen LogP contribution < -0.4 is 11.1 Å². The number of hydrogen-bond donors (Lipinski definition) is 2. The molecule has 0 bridgehead atoms. The summed E-state index contributed by atoms with van der Waals surface area (Å²) < 4.78 is 0. The fraction of sp³-hybridized carbons (Fsp3) is 0.462. The zero-order valence-electron chi connectivity index (χ0n) is 10.1. The molecule has 4 heteroatoms. The Morgan fingerprint density at radius 3 is 2.88 bits per heavy atom. The van der Waals surface area contributed by atoms with Gasteiger partial charge in [-0.2, -0.15) is 0 Å². The van der Waals surface area contributed by atoms with Gasteiger partial charge in [0.15, 0.2) is 5.78 Å². The van der Waals surface area contributed by atoms with E-state index < -0.39 is 0 Å². The maximum Gasteiger partial charge on any atom is 0.176 e. The molecule has 0 spiro atoms. The van der Waals surface area contributed by atoms with Gasteiger partial charge in [0, 0.05) is 24.7 Å². The van der Waals surface area contributed by atoms with Crippen molar-refractivity contribution < 1.29 is 4.79 Å². The predicted octanol–water partition coefficient (Wildman–Crippen LogP) is 0.448. The number of nitrogens with two attached hydrogens (primary N) is 1. The van der Waals surface area contributed by atoms with Crippen LogP contribution in [0.25, 0.3) is 0 Å². The highest BCUT2D eigenvalue weighted by Gasteiger charge is 2.24. The summed E-state index contributed by atoms with van der Waals surface area (Å²) in [7, 11) is 0. The number of benzene rings is 1. The van der Waals surface area contributed by atoms with E-state index in [9.17, 15) is 4.79 Å². The number of nitrogens with zero attached hydrogens (tertiary/aromatic N) is 1. The number of ketones is 1. The monoisotopic (exact) mass is 233 g/mol. The van der Waals surface area contributed by atoms with E-state index in [1.54, 1.807) is 0 Å². The predicted molar refractivity (Wildman–Crippen MR) is 67.8 cm³/mol. The van der Waals surface area contributed by atoms with Crippen molar-refractivity contribution >= 4 is 5.78 Å². The van der Waals surface area contributed by atoms with Crippen LogP contribution in [0.5, 0.6) is 0 Å². The SMILES string of the molecule is CC1CN(CC(=O)c2ccccc2)C(N)CN1. The average Bonchev–Trinajstić information content (AvgIpc) is 2.35. The number of carbonyl (C=O) groups excluding carboxylic acids is 1. The van der Waals surface area contributed by atoms with E-state index >= 15 is 0 Å². The molecule has 2 rings (SSSR count). The normalized spacial score (nSPS) is 25.8. The van der Waals surface area contributed by atoms with Crippen LogP contribution in [0, 0.1) is 0 Å². The maximum absolute atomic E-state index is 12.0. The molecule has 4 nitrogen and oxygen atoms in total. The summed E-state index contributed by atoms with van der Waals surface area (Å²) in [4.78, 5) is 14.1. The topological polar surface area (TPSA) is 58.4 Å². The summed E-state index contributed by atoms with van der Waals surface area (Å²) in [6, 6.07) is 9.76. The fourth-order valence-electron chi connectivity index (χ4n) is 2.08. The van der Waals surface area contributed by atoms with E-state index in [4.69, 9.17) is 5.73 Å². The van der Waals surface area contributed by atoms with E-state index in [0.717, 1.165) is 18.7 Å². The molecule has 1 aromatic rings. The Hall–Kier alpha value is -1.23. The van der Waals surface area contributed by atoms with Gasteiger partial charge in [-0.3, -0.25) is 9.69 Å². The molecule has 17 heavy (non-hydrogen) atoms. The van der Waals surface area contributed by atoms with Crippen LogP contribution in [-0.2, 0) is 0 Å². The van der Waals surface area contributed by atoms with Gasteiger partial charge in [0.25, 0.3) is 0 Å². The lowest BCUT2D eigenvalue weighted by Crippen LogP contribution is -2.60. The molecule has 92 valence electrons. The fourth-order valence-corrected chi connectivity index (χ4v) is 2.08. The van der Waals surface area contributed by atoms with Gasteiger partial charge in [-0.15, -0.1) is 0 Å². The van der Waals surface area contributed by atoms with Crippen molar-refractivity contribution in [2.75, 3.05) is 19.6 Å². The second-order valence-corrected chi connectivity index (χ2v) is 4.60. The second-order valence-electron chi connectivity index (χ2n) is 4.60. The van der Waals surface area contributed by atoms with Gasteiger partial charge in [0.05, 0.1) is 12.7 Å². The minimum absolute atomic E-state index is 0.0705. The summed E-state index contributed by atoms with van der Waals surface area (Å²) in [5.41, 5.74) is 6.73. The van der Waals surface area contributed by atoms with Crippen molar-refractivity contribution in [3.8, 4) is 0 Å². The largest absolute Gasteiger partial charge is 0.315 e. The first-order valence-electron chi connectivity index (χ1n) is 5.98. The Morgan fingerprint density at radius 2 is 2.18 bits per heavy atom. The quantitative estimate of drug-likeness (QED) is 0.744. The molecule has 0 saturated carbocycles. The molecular formula is C13H19N3O. The number of hydrogen-bond acceptors (Lipinski definition) is 4. The van der Waals surface area contributed by atoms with Gasteiger partial charge in [-0.1, -0.05) is 30.3 Å². The number of rotatable bonds is 3. The third kappa shape index (κ3) is 3.12. The van der Waals surface area contributed by atoms with Crippen LogP contribution in [0.3, 0.4) is 0 Å². The Kier molecular flexibility index (Phi) is 3.89. The number of nitrogens with one attached hydrogen (secondary N) is 1. The van der Waals surface area contributed by atoms with E-state index in [1.807, 2.05) is 35.2 Å². The van der Waals surface area contributed by atoms with Crippen LogP contribution in [-0.4, -0.2) is 42.5 Å². The van der Waals surface area contributed by atoms with Gasteiger partial charge >= 0.3 is 0 Å². The van der Waals surface area contributed by atoms with Gasteiger partial charge in [-0.25, -0.2) is 0 Å². The third-order valence-electron chi connectivity index (χ3n) is 3.10. The Balaban J connectivity index is 1.98. The van der Waals surface area contributed by atoms with Crippen molar-refractivity contribution in [2.24, 2.45) is 5.73 Å². The molecule has 1 heterocycles. The van der Waals surface area contributed by atoms with Gasteiger partial charge in [0.2, 0.25) is 0 Å². The minimum atomic E-state index is -0.0705.